The summed E-state index contributed by atoms with van der Waals surface area (Å²) in [5.74, 6) is 0.539. The predicted molar refractivity (Wildman–Crippen MR) is 90.9 cm³/mol. The summed E-state index contributed by atoms with van der Waals surface area (Å²) < 4.78 is 4.26. The molecule has 0 radical (unpaired) electrons. The minimum Gasteiger partial charge on any atom is -0.382 e. The van der Waals surface area contributed by atoms with Crippen molar-refractivity contribution in [3.05, 3.63) is 45.8 Å². The largest absolute Gasteiger partial charge is 0.382 e. The maximum atomic E-state index is 6.01. The predicted octanol–water partition coefficient (Wildman–Crippen LogP) is 4.08. The molecule has 0 aliphatic carbocycles. The number of aromatic nitrogens is 2. The molecule has 0 fully saturated rings. The SMILES string of the molecule is Cc1nc(-c2c(N)nsc2NCc2ccccc2C)cs1. The van der Waals surface area contributed by atoms with E-state index in [4.69, 9.17) is 5.73 Å². The van der Waals surface area contributed by atoms with Crippen molar-refractivity contribution in [2.75, 3.05) is 11.1 Å². The van der Waals surface area contributed by atoms with Gasteiger partial charge in [0.05, 0.1) is 16.3 Å². The van der Waals surface area contributed by atoms with E-state index in [0.717, 1.165) is 27.8 Å². The van der Waals surface area contributed by atoms with Crippen molar-refractivity contribution in [3.8, 4) is 11.3 Å². The van der Waals surface area contributed by atoms with Gasteiger partial charge >= 0.3 is 0 Å². The van der Waals surface area contributed by atoms with Crippen LogP contribution in [0.4, 0.5) is 10.8 Å². The third-order valence-electron chi connectivity index (χ3n) is 3.29. The molecule has 0 unspecified atom stereocenters. The van der Waals surface area contributed by atoms with Crippen molar-refractivity contribution >= 4 is 33.7 Å². The maximum absolute atomic E-state index is 6.01. The first-order valence-corrected chi connectivity index (χ1v) is 8.26. The second kappa shape index (κ2) is 5.83. The van der Waals surface area contributed by atoms with Crippen LogP contribution in [0.3, 0.4) is 0 Å². The Morgan fingerprint density at radius 3 is 2.76 bits per heavy atom. The molecule has 0 saturated heterocycles. The van der Waals surface area contributed by atoms with E-state index in [2.05, 4.69) is 39.8 Å². The number of hydrogen-bond donors (Lipinski definition) is 2. The van der Waals surface area contributed by atoms with Crippen LogP contribution >= 0.6 is 22.9 Å². The third kappa shape index (κ3) is 2.91. The molecule has 2 heterocycles. The summed E-state index contributed by atoms with van der Waals surface area (Å²) in [5.41, 5.74) is 10.4. The molecule has 0 atom stereocenters. The number of rotatable bonds is 4. The van der Waals surface area contributed by atoms with Gasteiger partial charge < -0.3 is 11.1 Å². The molecule has 3 rings (SSSR count). The molecule has 0 bridgehead atoms. The van der Waals surface area contributed by atoms with E-state index in [1.54, 1.807) is 11.3 Å². The van der Waals surface area contributed by atoms with Crippen LogP contribution in [0.2, 0.25) is 0 Å². The molecule has 21 heavy (non-hydrogen) atoms. The molecule has 6 heteroatoms. The van der Waals surface area contributed by atoms with Gasteiger partial charge in [-0.2, -0.15) is 4.37 Å². The van der Waals surface area contributed by atoms with Gasteiger partial charge in [0.1, 0.15) is 10.8 Å². The summed E-state index contributed by atoms with van der Waals surface area (Å²) >= 11 is 3.00. The minimum atomic E-state index is 0.539. The monoisotopic (exact) mass is 316 g/mol. The quantitative estimate of drug-likeness (QED) is 0.761. The first kappa shape index (κ1) is 14.0. The average Bonchev–Trinajstić information content (AvgIpc) is 3.04. The fourth-order valence-corrected chi connectivity index (χ4v) is 3.45. The number of nitrogens with one attached hydrogen (secondary N) is 1. The molecule has 0 aliphatic heterocycles. The zero-order valence-electron chi connectivity index (χ0n) is 11.9. The van der Waals surface area contributed by atoms with Gasteiger partial charge in [0.15, 0.2) is 0 Å². The lowest BCUT2D eigenvalue weighted by Gasteiger charge is -2.08. The highest BCUT2D eigenvalue weighted by Crippen LogP contribution is 2.37. The molecule has 0 amide bonds. The molecule has 1 aromatic carbocycles. The smallest absolute Gasteiger partial charge is 0.148 e. The molecule has 4 nitrogen and oxygen atoms in total. The van der Waals surface area contributed by atoms with E-state index in [1.165, 1.54) is 22.7 Å². The average molecular weight is 316 g/mol. The summed E-state index contributed by atoms with van der Waals surface area (Å²) in [7, 11) is 0. The first-order chi connectivity index (χ1) is 10.1. The maximum Gasteiger partial charge on any atom is 0.148 e. The number of thiazole rings is 1. The van der Waals surface area contributed by atoms with Crippen LogP contribution in [0.1, 0.15) is 16.1 Å². The molecule has 2 aromatic heterocycles. The number of nitrogen functional groups attached to an aromatic ring is 1. The molecule has 108 valence electrons. The fourth-order valence-electron chi connectivity index (χ4n) is 2.13. The van der Waals surface area contributed by atoms with Crippen LogP contribution < -0.4 is 11.1 Å². The van der Waals surface area contributed by atoms with Crippen LogP contribution in [0.25, 0.3) is 11.3 Å². The fraction of sp³-hybridized carbons (Fsp3) is 0.200. The van der Waals surface area contributed by atoms with E-state index >= 15 is 0 Å². The van der Waals surface area contributed by atoms with E-state index in [1.807, 2.05) is 18.4 Å². The van der Waals surface area contributed by atoms with Crippen molar-refractivity contribution in [2.24, 2.45) is 0 Å². The van der Waals surface area contributed by atoms with Gasteiger partial charge in [-0.15, -0.1) is 11.3 Å². The molecule has 3 N–H and O–H groups in total. The normalized spacial score (nSPS) is 10.8. The van der Waals surface area contributed by atoms with Gasteiger partial charge in [0.25, 0.3) is 0 Å². The summed E-state index contributed by atoms with van der Waals surface area (Å²) in [4.78, 5) is 4.51. The second-order valence-corrected chi connectivity index (χ2v) is 6.64. The molecule has 3 aromatic rings. The zero-order valence-corrected chi connectivity index (χ0v) is 13.5. The zero-order chi connectivity index (χ0) is 14.8. The topological polar surface area (TPSA) is 63.8 Å². The highest BCUT2D eigenvalue weighted by Gasteiger charge is 2.16. The van der Waals surface area contributed by atoms with E-state index < -0.39 is 0 Å². The summed E-state index contributed by atoms with van der Waals surface area (Å²) in [6.45, 7) is 4.86. The standard InChI is InChI=1S/C15H16N4S2/c1-9-5-3-4-6-11(9)7-17-15-13(14(16)19-21-15)12-8-20-10(2)18-12/h3-6,8,17H,7H2,1-2H3,(H2,16,19). The summed E-state index contributed by atoms with van der Waals surface area (Å²) in [6.07, 6.45) is 0. The lowest BCUT2D eigenvalue weighted by Crippen LogP contribution is -2.01. The lowest BCUT2D eigenvalue weighted by atomic mass is 10.1. The van der Waals surface area contributed by atoms with Crippen molar-refractivity contribution in [1.82, 2.24) is 9.36 Å². The third-order valence-corrected chi connectivity index (χ3v) is 4.89. The Bertz CT molecular complexity index is 761. The van der Waals surface area contributed by atoms with Gasteiger partial charge in [-0.3, -0.25) is 0 Å². The minimum absolute atomic E-state index is 0.539. The Kier molecular flexibility index (Phi) is 3.90. The van der Waals surface area contributed by atoms with Gasteiger partial charge in [-0.05, 0) is 36.5 Å². The van der Waals surface area contributed by atoms with Gasteiger partial charge in [-0.1, -0.05) is 24.3 Å². The van der Waals surface area contributed by atoms with Gasteiger partial charge in [0.2, 0.25) is 0 Å². The van der Waals surface area contributed by atoms with E-state index in [-0.39, 0.29) is 0 Å². The number of nitrogens with two attached hydrogens (primary N) is 1. The number of aryl methyl sites for hydroxylation is 2. The molecular formula is C15H16N4S2. The molecule has 0 aliphatic rings. The number of anilines is 2. The van der Waals surface area contributed by atoms with Gasteiger partial charge in [-0.25, -0.2) is 4.98 Å². The van der Waals surface area contributed by atoms with Gasteiger partial charge in [0, 0.05) is 11.9 Å². The van der Waals surface area contributed by atoms with Crippen LogP contribution in [-0.2, 0) is 6.54 Å². The Morgan fingerprint density at radius 2 is 2.05 bits per heavy atom. The summed E-state index contributed by atoms with van der Waals surface area (Å²) in [5, 5.41) is 7.46. The van der Waals surface area contributed by atoms with Crippen molar-refractivity contribution in [2.45, 2.75) is 20.4 Å². The molecule has 0 saturated carbocycles. The second-order valence-electron chi connectivity index (χ2n) is 4.80. The van der Waals surface area contributed by atoms with E-state index in [0.29, 0.717) is 5.82 Å². The van der Waals surface area contributed by atoms with Crippen molar-refractivity contribution in [1.29, 1.82) is 0 Å². The van der Waals surface area contributed by atoms with E-state index in [9.17, 15) is 0 Å². The van der Waals surface area contributed by atoms with Crippen LogP contribution in [0.15, 0.2) is 29.6 Å². The Morgan fingerprint density at radius 1 is 1.24 bits per heavy atom. The Labute approximate surface area is 131 Å². The molecular weight excluding hydrogens is 300 g/mol. The highest BCUT2D eigenvalue weighted by molar-refractivity contribution is 7.11. The van der Waals surface area contributed by atoms with Crippen LogP contribution in [-0.4, -0.2) is 9.36 Å². The van der Waals surface area contributed by atoms with Crippen molar-refractivity contribution < 1.29 is 0 Å². The number of hydrogen-bond acceptors (Lipinski definition) is 6. The first-order valence-electron chi connectivity index (χ1n) is 6.61. The number of benzene rings is 1. The summed E-state index contributed by atoms with van der Waals surface area (Å²) in [6, 6.07) is 8.34. The van der Waals surface area contributed by atoms with Crippen LogP contribution in [0, 0.1) is 13.8 Å². The number of nitrogens with zero attached hydrogens (tertiary/aromatic N) is 2. The Balaban J connectivity index is 1.85. The van der Waals surface area contributed by atoms with Crippen LogP contribution in [0.5, 0.6) is 0 Å². The van der Waals surface area contributed by atoms with Crippen molar-refractivity contribution in [3.63, 3.8) is 0 Å². The molecule has 0 spiro atoms. The lowest BCUT2D eigenvalue weighted by molar-refractivity contribution is 1.13. The Hall–Kier alpha value is -1.92. The highest BCUT2D eigenvalue weighted by atomic mass is 32.1.